The summed E-state index contributed by atoms with van der Waals surface area (Å²) in [6.07, 6.45) is 4.08. The number of rotatable bonds is 6. The first kappa shape index (κ1) is 21.1. The third-order valence-corrected chi connectivity index (χ3v) is 4.85. The van der Waals surface area contributed by atoms with Crippen LogP contribution in [0.3, 0.4) is 0 Å². The third kappa shape index (κ3) is 6.80. The number of aryl methyl sites for hydroxylation is 3. The van der Waals surface area contributed by atoms with Crippen molar-refractivity contribution in [2.75, 3.05) is 26.2 Å². The molecule has 2 heterocycles. The highest BCUT2D eigenvalue weighted by Gasteiger charge is 2.28. The minimum Gasteiger partial charge on any atom is -0.387 e. The van der Waals surface area contributed by atoms with Crippen molar-refractivity contribution in [1.82, 2.24) is 15.6 Å². The lowest BCUT2D eigenvalue weighted by Gasteiger charge is -2.32. The summed E-state index contributed by atoms with van der Waals surface area (Å²) >= 11 is 1.80. The fourth-order valence-corrected chi connectivity index (χ4v) is 3.41. The smallest absolute Gasteiger partial charge is 0.0931 e. The molecule has 1 unspecified atom stereocenters. The van der Waals surface area contributed by atoms with Crippen LogP contribution in [0.15, 0.2) is 0 Å². The summed E-state index contributed by atoms with van der Waals surface area (Å²) in [5, 5.41) is 18.2. The first-order valence-electron chi connectivity index (χ1n) is 7.16. The van der Waals surface area contributed by atoms with Gasteiger partial charge in [-0.05, 0) is 46.2 Å². The fraction of sp³-hybridized carbons (Fsp3) is 0.786. The Morgan fingerprint density at radius 2 is 2.14 bits per heavy atom. The van der Waals surface area contributed by atoms with Crippen molar-refractivity contribution >= 4 is 36.2 Å². The SMILES string of the molecule is Cc1nc(CCCNCC2(O)CCCNC2)sc1C.Cl.Cl. The highest BCUT2D eigenvalue weighted by Crippen LogP contribution is 2.17. The maximum atomic E-state index is 10.3. The molecule has 21 heavy (non-hydrogen) atoms. The number of halogens is 2. The van der Waals surface area contributed by atoms with Crippen molar-refractivity contribution < 1.29 is 5.11 Å². The molecule has 1 aliphatic heterocycles. The average Bonchev–Trinajstić information content (AvgIpc) is 2.69. The molecule has 0 saturated carbocycles. The van der Waals surface area contributed by atoms with E-state index in [1.54, 1.807) is 11.3 Å². The molecule has 1 aromatic rings. The maximum Gasteiger partial charge on any atom is 0.0931 e. The molecule has 0 radical (unpaired) electrons. The molecule has 1 atom stereocenters. The highest BCUT2D eigenvalue weighted by molar-refractivity contribution is 7.11. The zero-order valence-electron chi connectivity index (χ0n) is 12.8. The van der Waals surface area contributed by atoms with Crippen LogP contribution >= 0.6 is 36.2 Å². The first-order valence-corrected chi connectivity index (χ1v) is 7.97. The number of thiazole rings is 1. The van der Waals surface area contributed by atoms with E-state index in [4.69, 9.17) is 0 Å². The van der Waals surface area contributed by atoms with E-state index >= 15 is 0 Å². The Balaban J connectivity index is 0.00000200. The predicted octanol–water partition coefficient (Wildman–Crippen LogP) is 2.24. The molecular weight excluding hydrogens is 329 g/mol. The van der Waals surface area contributed by atoms with E-state index in [1.165, 1.54) is 9.88 Å². The van der Waals surface area contributed by atoms with E-state index in [2.05, 4.69) is 29.5 Å². The lowest BCUT2D eigenvalue weighted by Crippen LogP contribution is -2.52. The summed E-state index contributed by atoms with van der Waals surface area (Å²) in [7, 11) is 0. The number of β-amino-alcohol motifs (C(OH)–C–C–N with tert-alkyl or cyclic N) is 1. The van der Waals surface area contributed by atoms with Gasteiger partial charge in [0.15, 0.2) is 0 Å². The van der Waals surface area contributed by atoms with Gasteiger partial charge in [0.05, 0.1) is 16.3 Å². The Hall–Kier alpha value is 0.0900. The van der Waals surface area contributed by atoms with Gasteiger partial charge in [-0.25, -0.2) is 4.98 Å². The van der Waals surface area contributed by atoms with Crippen LogP contribution in [0.1, 0.15) is 34.8 Å². The Morgan fingerprint density at radius 1 is 1.38 bits per heavy atom. The van der Waals surface area contributed by atoms with E-state index in [0.717, 1.165) is 44.5 Å². The maximum absolute atomic E-state index is 10.3. The molecule has 7 heteroatoms. The van der Waals surface area contributed by atoms with Gasteiger partial charge >= 0.3 is 0 Å². The minimum absolute atomic E-state index is 0. The van der Waals surface area contributed by atoms with Gasteiger partial charge in [0.25, 0.3) is 0 Å². The van der Waals surface area contributed by atoms with Crippen molar-refractivity contribution in [2.24, 2.45) is 0 Å². The zero-order valence-corrected chi connectivity index (χ0v) is 15.2. The van der Waals surface area contributed by atoms with Crippen molar-refractivity contribution in [2.45, 2.75) is 45.1 Å². The second-order valence-corrected chi connectivity index (χ2v) is 6.82. The van der Waals surface area contributed by atoms with E-state index in [9.17, 15) is 5.11 Å². The molecule has 1 aromatic heterocycles. The number of piperidine rings is 1. The molecular formula is C14H27Cl2N3OS. The van der Waals surface area contributed by atoms with Crippen molar-refractivity contribution in [3.63, 3.8) is 0 Å². The van der Waals surface area contributed by atoms with Crippen molar-refractivity contribution in [1.29, 1.82) is 0 Å². The van der Waals surface area contributed by atoms with Gasteiger partial charge in [0, 0.05) is 24.4 Å². The molecule has 0 aliphatic carbocycles. The number of hydrogen-bond acceptors (Lipinski definition) is 5. The zero-order chi connectivity index (χ0) is 13.7. The summed E-state index contributed by atoms with van der Waals surface area (Å²) in [4.78, 5) is 5.87. The molecule has 0 aromatic carbocycles. The summed E-state index contributed by atoms with van der Waals surface area (Å²) in [6.45, 7) is 7.57. The minimum atomic E-state index is -0.549. The van der Waals surface area contributed by atoms with E-state index in [0.29, 0.717) is 13.1 Å². The van der Waals surface area contributed by atoms with Crippen LogP contribution in [-0.2, 0) is 6.42 Å². The Labute approximate surface area is 144 Å². The standard InChI is InChI=1S/C14H25N3OS.2ClH/c1-11-12(2)19-13(17-11)5-3-7-15-9-14(18)6-4-8-16-10-14;;/h15-16,18H,3-10H2,1-2H3;2*1H. The average molecular weight is 356 g/mol. The second-order valence-electron chi connectivity index (χ2n) is 5.53. The van der Waals surface area contributed by atoms with Gasteiger partial charge in [-0.1, -0.05) is 0 Å². The van der Waals surface area contributed by atoms with Crippen LogP contribution in [0.4, 0.5) is 0 Å². The van der Waals surface area contributed by atoms with Crippen molar-refractivity contribution in [3.05, 3.63) is 15.6 Å². The van der Waals surface area contributed by atoms with Gasteiger partial charge in [-0.2, -0.15) is 0 Å². The second kappa shape index (κ2) is 9.98. The van der Waals surface area contributed by atoms with Crippen LogP contribution < -0.4 is 10.6 Å². The highest BCUT2D eigenvalue weighted by atomic mass is 35.5. The van der Waals surface area contributed by atoms with Gasteiger partial charge in [0.1, 0.15) is 0 Å². The monoisotopic (exact) mass is 355 g/mol. The van der Waals surface area contributed by atoms with Gasteiger partial charge in [-0.3, -0.25) is 0 Å². The molecule has 3 N–H and O–H groups in total. The van der Waals surface area contributed by atoms with Gasteiger partial charge in [0.2, 0.25) is 0 Å². The van der Waals surface area contributed by atoms with Crippen LogP contribution in [0.2, 0.25) is 0 Å². The molecule has 4 nitrogen and oxygen atoms in total. The number of nitrogens with one attached hydrogen (secondary N) is 2. The summed E-state index contributed by atoms with van der Waals surface area (Å²) in [5.74, 6) is 0. The molecule has 2 rings (SSSR count). The molecule has 0 amide bonds. The van der Waals surface area contributed by atoms with Crippen LogP contribution in [0.5, 0.6) is 0 Å². The molecule has 1 aliphatic rings. The third-order valence-electron chi connectivity index (χ3n) is 3.72. The molecule has 124 valence electrons. The lowest BCUT2D eigenvalue weighted by atomic mass is 9.94. The molecule has 0 spiro atoms. The first-order chi connectivity index (χ1) is 9.09. The number of hydrogen-bond donors (Lipinski definition) is 3. The molecule has 1 fully saturated rings. The van der Waals surface area contributed by atoms with Crippen LogP contribution in [-0.4, -0.2) is 41.9 Å². The largest absolute Gasteiger partial charge is 0.387 e. The summed E-state index contributed by atoms with van der Waals surface area (Å²) < 4.78 is 0. The van der Waals surface area contributed by atoms with Crippen LogP contribution in [0, 0.1) is 13.8 Å². The topological polar surface area (TPSA) is 57.2 Å². The Bertz CT molecular complexity index is 389. The molecule has 0 bridgehead atoms. The van der Waals surface area contributed by atoms with E-state index in [1.807, 2.05) is 0 Å². The van der Waals surface area contributed by atoms with Gasteiger partial charge in [-0.15, -0.1) is 36.2 Å². The Morgan fingerprint density at radius 3 is 2.71 bits per heavy atom. The van der Waals surface area contributed by atoms with E-state index < -0.39 is 5.60 Å². The Kier molecular flexibility index (Phi) is 10.0. The summed E-state index contributed by atoms with van der Waals surface area (Å²) in [5.41, 5.74) is 0.614. The lowest BCUT2D eigenvalue weighted by molar-refractivity contribution is 0.0173. The van der Waals surface area contributed by atoms with E-state index in [-0.39, 0.29) is 24.8 Å². The molecule has 1 saturated heterocycles. The van der Waals surface area contributed by atoms with Gasteiger partial charge < -0.3 is 15.7 Å². The number of nitrogens with zero attached hydrogens (tertiary/aromatic N) is 1. The summed E-state index contributed by atoms with van der Waals surface area (Å²) in [6, 6.07) is 0. The fourth-order valence-electron chi connectivity index (χ4n) is 2.43. The van der Waals surface area contributed by atoms with Crippen LogP contribution in [0.25, 0.3) is 0 Å². The number of aliphatic hydroxyl groups is 1. The van der Waals surface area contributed by atoms with Crippen molar-refractivity contribution in [3.8, 4) is 0 Å². The quantitative estimate of drug-likeness (QED) is 0.685. The normalized spacial score (nSPS) is 21.5. The number of aromatic nitrogens is 1. The predicted molar refractivity (Wildman–Crippen MR) is 94.3 cm³/mol.